The van der Waals surface area contributed by atoms with E-state index in [1.54, 1.807) is 4.90 Å². The second-order valence-corrected chi connectivity index (χ2v) is 7.39. The zero-order chi connectivity index (χ0) is 18.8. The van der Waals surface area contributed by atoms with Crippen molar-refractivity contribution >= 4 is 17.2 Å². The molecule has 1 fully saturated rings. The highest BCUT2D eigenvalue weighted by molar-refractivity contribution is 7.13. The fourth-order valence-corrected chi connectivity index (χ4v) is 3.96. The highest BCUT2D eigenvalue weighted by Crippen LogP contribution is 2.22. The first-order chi connectivity index (χ1) is 13.1. The van der Waals surface area contributed by atoms with Gasteiger partial charge in [0.25, 0.3) is 0 Å². The second kappa shape index (κ2) is 7.51. The van der Waals surface area contributed by atoms with Crippen LogP contribution in [0.15, 0.2) is 35.7 Å². The summed E-state index contributed by atoms with van der Waals surface area (Å²) in [6.45, 7) is 1.02. The van der Waals surface area contributed by atoms with Crippen LogP contribution in [0.5, 0.6) is 0 Å². The lowest BCUT2D eigenvalue weighted by Gasteiger charge is -2.24. The van der Waals surface area contributed by atoms with Crippen molar-refractivity contribution in [2.24, 2.45) is 0 Å². The van der Waals surface area contributed by atoms with Gasteiger partial charge in [0.05, 0.1) is 23.9 Å². The van der Waals surface area contributed by atoms with Crippen LogP contribution in [-0.4, -0.2) is 43.6 Å². The number of halogens is 2. The minimum absolute atomic E-state index is 0.0736. The first kappa shape index (κ1) is 17.7. The van der Waals surface area contributed by atoms with Crippen LogP contribution in [0.2, 0.25) is 0 Å². The Morgan fingerprint density at radius 1 is 1.30 bits per heavy atom. The Hall–Kier alpha value is -2.68. The molecule has 0 aliphatic carbocycles. The SMILES string of the molecule is O=C(Cc1cc(F)ccc1F)N1CCC[C@H]1Cn1nnc(-c2cccs2)n1. The minimum Gasteiger partial charge on any atom is -0.337 e. The van der Waals surface area contributed by atoms with Crippen molar-refractivity contribution in [3.05, 3.63) is 52.9 Å². The molecule has 3 aromatic rings. The van der Waals surface area contributed by atoms with Crippen molar-refractivity contribution in [3.63, 3.8) is 0 Å². The standard InChI is InChI=1S/C18H17F2N5OS/c19-13-5-6-15(20)12(9-13)10-17(26)24-7-1-3-14(24)11-25-22-18(21-23-25)16-4-2-8-27-16/h2,4-6,8-9,14H,1,3,7,10-11H2/t14-/m0/s1. The van der Waals surface area contributed by atoms with E-state index in [9.17, 15) is 13.6 Å². The average molecular weight is 389 g/mol. The van der Waals surface area contributed by atoms with E-state index in [-0.39, 0.29) is 23.9 Å². The third kappa shape index (κ3) is 3.87. The molecular weight excluding hydrogens is 372 g/mol. The second-order valence-electron chi connectivity index (χ2n) is 6.44. The van der Waals surface area contributed by atoms with Gasteiger partial charge in [0, 0.05) is 12.1 Å². The van der Waals surface area contributed by atoms with E-state index in [1.165, 1.54) is 16.1 Å². The number of likely N-dealkylation sites (tertiary alicyclic amines) is 1. The Bertz CT molecular complexity index is 943. The van der Waals surface area contributed by atoms with Gasteiger partial charge in [-0.25, -0.2) is 8.78 Å². The largest absolute Gasteiger partial charge is 0.337 e. The number of carbonyl (C=O) groups excluding carboxylic acids is 1. The van der Waals surface area contributed by atoms with Crippen LogP contribution < -0.4 is 0 Å². The molecule has 1 aliphatic rings. The summed E-state index contributed by atoms with van der Waals surface area (Å²) in [6.07, 6.45) is 1.51. The van der Waals surface area contributed by atoms with Crippen LogP contribution in [-0.2, 0) is 17.8 Å². The van der Waals surface area contributed by atoms with Crippen molar-refractivity contribution in [1.82, 2.24) is 25.1 Å². The summed E-state index contributed by atoms with van der Waals surface area (Å²) in [5, 5.41) is 14.5. The van der Waals surface area contributed by atoms with Gasteiger partial charge in [-0.15, -0.1) is 21.5 Å². The maximum atomic E-state index is 13.8. The number of thiophene rings is 1. The lowest BCUT2D eigenvalue weighted by atomic mass is 10.1. The average Bonchev–Trinajstić information content (AvgIpc) is 3.39. The maximum Gasteiger partial charge on any atom is 0.227 e. The smallest absolute Gasteiger partial charge is 0.227 e. The molecule has 1 aliphatic heterocycles. The van der Waals surface area contributed by atoms with E-state index in [2.05, 4.69) is 15.4 Å². The molecule has 0 unspecified atom stereocenters. The lowest BCUT2D eigenvalue weighted by Crippen LogP contribution is -2.39. The van der Waals surface area contributed by atoms with Gasteiger partial charge in [0.2, 0.25) is 11.7 Å². The number of aromatic nitrogens is 4. The number of rotatable bonds is 5. The van der Waals surface area contributed by atoms with Gasteiger partial charge in [-0.05, 0) is 47.7 Å². The van der Waals surface area contributed by atoms with Gasteiger partial charge >= 0.3 is 0 Å². The molecule has 4 rings (SSSR count). The van der Waals surface area contributed by atoms with E-state index < -0.39 is 11.6 Å². The van der Waals surface area contributed by atoms with Crippen molar-refractivity contribution in [3.8, 4) is 10.7 Å². The number of amides is 1. The fourth-order valence-electron chi connectivity index (χ4n) is 3.31. The van der Waals surface area contributed by atoms with Gasteiger partial charge in [-0.2, -0.15) is 4.80 Å². The van der Waals surface area contributed by atoms with E-state index in [0.29, 0.717) is 18.9 Å². The van der Waals surface area contributed by atoms with Crippen molar-refractivity contribution in [1.29, 1.82) is 0 Å². The normalized spacial score (nSPS) is 16.8. The molecular formula is C18H17F2N5OS. The Morgan fingerprint density at radius 2 is 2.19 bits per heavy atom. The molecule has 1 saturated heterocycles. The summed E-state index contributed by atoms with van der Waals surface area (Å²) < 4.78 is 27.2. The van der Waals surface area contributed by atoms with Gasteiger partial charge in [-0.1, -0.05) is 6.07 Å². The number of hydrogen-bond donors (Lipinski definition) is 0. The molecule has 2 aromatic heterocycles. The van der Waals surface area contributed by atoms with Crippen LogP contribution in [0.4, 0.5) is 8.78 Å². The Kier molecular flexibility index (Phi) is 4.93. The molecule has 0 N–H and O–H groups in total. The van der Waals surface area contributed by atoms with Crippen molar-refractivity contribution in [2.75, 3.05) is 6.54 Å². The van der Waals surface area contributed by atoms with E-state index in [4.69, 9.17) is 0 Å². The van der Waals surface area contributed by atoms with E-state index in [0.717, 1.165) is 35.9 Å². The maximum absolute atomic E-state index is 13.8. The summed E-state index contributed by atoms with van der Waals surface area (Å²) in [5.74, 6) is -0.785. The van der Waals surface area contributed by atoms with Crippen LogP contribution in [0.25, 0.3) is 10.7 Å². The summed E-state index contributed by atoms with van der Waals surface area (Å²) in [7, 11) is 0. The van der Waals surface area contributed by atoms with Crippen molar-refractivity contribution < 1.29 is 13.6 Å². The third-order valence-electron chi connectivity index (χ3n) is 4.62. The highest BCUT2D eigenvalue weighted by atomic mass is 32.1. The molecule has 0 saturated carbocycles. The Balaban J connectivity index is 1.44. The summed E-state index contributed by atoms with van der Waals surface area (Å²) in [6, 6.07) is 6.92. The number of carbonyl (C=O) groups is 1. The molecule has 6 nitrogen and oxygen atoms in total. The molecule has 1 amide bonds. The molecule has 1 aromatic carbocycles. The minimum atomic E-state index is -0.570. The molecule has 1 atom stereocenters. The highest BCUT2D eigenvalue weighted by Gasteiger charge is 2.30. The lowest BCUT2D eigenvalue weighted by molar-refractivity contribution is -0.131. The van der Waals surface area contributed by atoms with Crippen LogP contribution in [0.3, 0.4) is 0 Å². The quantitative estimate of drug-likeness (QED) is 0.673. The zero-order valence-electron chi connectivity index (χ0n) is 14.4. The Labute approximate surface area is 158 Å². The number of tetrazole rings is 1. The van der Waals surface area contributed by atoms with Gasteiger partial charge < -0.3 is 4.90 Å². The molecule has 140 valence electrons. The first-order valence-corrected chi connectivity index (χ1v) is 9.53. The Morgan fingerprint density at radius 3 is 3.00 bits per heavy atom. The third-order valence-corrected chi connectivity index (χ3v) is 5.48. The molecule has 0 radical (unpaired) electrons. The number of benzene rings is 1. The summed E-state index contributed by atoms with van der Waals surface area (Å²) >= 11 is 1.53. The monoisotopic (exact) mass is 389 g/mol. The van der Waals surface area contributed by atoms with Crippen LogP contribution in [0, 0.1) is 11.6 Å². The summed E-state index contributed by atoms with van der Waals surface area (Å²) in [5.41, 5.74) is 0.0736. The molecule has 27 heavy (non-hydrogen) atoms. The van der Waals surface area contributed by atoms with Gasteiger partial charge in [-0.3, -0.25) is 4.79 Å². The van der Waals surface area contributed by atoms with Crippen LogP contribution in [0.1, 0.15) is 18.4 Å². The zero-order valence-corrected chi connectivity index (χ0v) is 15.2. The van der Waals surface area contributed by atoms with Crippen molar-refractivity contribution in [2.45, 2.75) is 31.8 Å². The fraction of sp³-hybridized carbons (Fsp3) is 0.333. The van der Waals surface area contributed by atoms with Crippen LogP contribution >= 0.6 is 11.3 Å². The van der Waals surface area contributed by atoms with E-state index >= 15 is 0 Å². The number of nitrogens with zero attached hydrogens (tertiary/aromatic N) is 5. The predicted molar refractivity (Wildman–Crippen MR) is 95.9 cm³/mol. The summed E-state index contributed by atoms with van der Waals surface area (Å²) in [4.78, 5) is 16.8. The van der Waals surface area contributed by atoms with Gasteiger partial charge in [0.1, 0.15) is 11.6 Å². The topological polar surface area (TPSA) is 63.9 Å². The van der Waals surface area contributed by atoms with Gasteiger partial charge in [0.15, 0.2) is 0 Å². The number of hydrogen-bond acceptors (Lipinski definition) is 5. The molecule has 3 heterocycles. The molecule has 0 spiro atoms. The molecule has 0 bridgehead atoms. The first-order valence-electron chi connectivity index (χ1n) is 8.65. The molecule has 9 heteroatoms. The predicted octanol–water partition coefficient (Wildman–Crippen LogP) is 2.91. The van der Waals surface area contributed by atoms with E-state index in [1.807, 2.05) is 17.5 Å².